The van der Waals surface area contributed by atoms with Gasteiger partial charge in [0.25, 0.3) is 0 Å². The molecule has 1 heterocycles. The number of allylic oxidation sites excluding steroid dienone is 1. The molecule has 0 aliphatic carbocycles. The van der Waals surface area contributed by atoms with E-state index >= 15 is 0 Å². The minimum atomic E-state index is 0. The van der Waals surface area contributed by atoms with Crippen molar-refractivity contribution in [3.63, 3.8) is 0 Å². The number of hydrogen-bond donors (Lipinski definition) is 3. The van der Waals surface area contributed by atoms with E-state index in [9.17, 15) is 9.90 Å². The average Bonchev–Trinajstić information content (AvgIpc) is 2.64. The minimum absolute atomic E-state index is 0. The van der Waals surface area contributed by atoms with Crippen LogP contribution >= 0.6 is 12.4 Å². The number of carbonyl (C=O) groups excluding carboxylic acids is 1. The average molecular weight is 398 g/mol. The van der Waals surface area contributed by atoms with Crippen molar-refractivity contribution in [2.75, 3.05) is 26.7 Å². The van der Waals surface area contributed by atoms with Crippen molar-refractivity contribution in [2.24, 2.45) is 5.73 Å². The summed E-state index contributed by atoms with van der Waals surface area (Å²) < 4.78 is 5.32. The highest BCUT2D eigenvalue weighted by Gasteiger charge is 2.23. The summed E-state index contributed by atoms with van der Waals surface area (Å²) in [6.07, 6.45) is 6.13. The molecule has 152 valence electrons. The third kappa shape index (κ3) is 6.72. The van der Waals surface area contributed by atoms with E-state index in [0.717, 1.165) is 37.1 Å². The van der Waals surface area contributed by atoms with Gasteiger partial charge < -0.3 is 20.9 Å². The van der Waals surface area contributed by atoms with Gasteiger partial charge in [0, 0.05) is 37.7 Å². The van der Waals surface area contributed by atoms with Gasteiger partial charge >= 0.3 is 0 Å². The van der Waals surface area contributed by atoms with Gasteiger partial charge in [-0.25, -0.2) is 0 Å². The summed E-state index contributed by atoms with van der Waals surface area (Å²) in [5.74, 6) is 0.683. The number of nitrogens with two attached hydrogens (primary N) is 1. The van der Waals surface area contributed by atoms with Gasteiger partial charge in [0.05, 0.1) is 7.11 Å². The Morgan fingerprint density at radius 2 is 2.26 bits per heavy atom. The Kier molecular flexibility index (Phi) is 10.2. The SMILES string of the molecule is C=CCc1cc(CN2CCCCC2CNC(=O)CCN)cc(OC)c1O.Cl. The van der Waals surface area contributed by atoms with Crippen molar-refractivity contribution < 1.29 is 14.6 Å². The molecule has 1 aliphatic rings. The van der Waals surface area contributed by atoms with Crippen LogP contribution in [0.2, 0.25) is 0 Å². The summed E-state index contributed by atoms with van der Waals surface area (Å²) in [4.78, 5) is 14.1. The zero-order valence-electron chi connectivity index (χ0n) is 16.1. The summed E-state index contributed by atoms with van der Waals surface area (Å²) in [5, 5.41) is 13.2. The van der Waals surface area contributed by atoms with Crippen LogP contribution in [0.25, 0.3) is 0 Å². The molecule has 27 heavy (non-hydrogen) atoms. The van der Waals surface area contributed by atoms with Crippen molar-refractivity contribution in [1.82, 2.24) is 10.2 Å². The molecule has 0 bridgehead atoms. The lowest BCUT2D eigenvalue weighted by Crippen LogP contribution is -2.46. The molecule has 0 aromatic heterocycles. The zero-order chi connectivity index (χ0) is 18.9. The van der Waals surface area contributed by atoms with Crippen molar-refractivity contribution in [3.8, 4) is 11.5 Å². The maximum absolute atomic E-state index is 11.7. The fourth-order valence-corrected chi connectivity index (χ4v) is 3.47. The molecule has 1 amide bonds. The number of nitrogens with zero attached hydrogens (tertiary/aromatic N) is 1. The molecule has 1 aliphatic heterocycles. The van der Waals surface area contributed by atoms with Crippen molar-refractivity contribution in [2.45, 2.75) is 44.7 Å². The molecule has 2 rings (SSSR count). The number of phenolic OH excluding ortho intramolecular Hbond substituents is 1. The highest BCUT2D eigenvalue weighted by molar-refractivity contribution is 5.85. The van der Waals surface area contributed by atoms with Crippen LogP contribution < -0.4 is 15.8 Å². The van der Waals surface area contributed by atoms with Gasteiger partial charge in [0.2, 0.25) is 5.91 Å². The van der Waals surface area contributed by atoms with Gasteiger partial charge in [0.1, 0.15) is 0 Å². The maximum atomic E-state index is 11.7. The van der Waals surface area contributed by atoms with Gasteiger partial charge in [-0.15, -0.1) is 19.0 Å². The van der Waals surface area contributed by atoms with E-state index in [0.29, 0.717) is 37.7 Å². The first-order valence-corrected chi connectivity index (χ1v) is 9.29. The molecular weight excluding hydrogens is 366 g/mol. The number of halogens is 1. The van der Waals surface area contributed by atoms with Gasteiger partial charge in [0.15, 0.2) is 11.5 Å². The molecule has 1 saturated heterocycles. The number of aromatic hydroxyl groups is 1. The van der Waals surface area contributed by atoms with Crippen LogP contribution in [0.15, 0.2) is 24.8 Å². The number of ether oxygens (including phenoxy) is 1. The molecule has 1 aromatic carbocycles. The number of rotatable bonds is 9. The second kappa shape index (κ2) is 11.8. The number of nitrogens with one attached hydrogen (secondary N) is 1. The van der Waals surface area contributed by atoms with E-state index in [1.807, 2.05) is 12.1 Å². The quantitative estimate of drug-likeness (QED) is 0.557. The normalized spacial score (nSPS) is 17.0. The highest BCUT2D eigenvalue weighted by Crippen LogP contribution is 2.33. The number of likely N-dealkylation sites (tertiary alicyclic amines) is 1. The van der Waals surface area contributed by atoms with Gasteiger partial charge in [-0.1, -0.05) is 18.6 Å². The van der Waals surface area contributed by atoms with Crippen LogP contribution in [0, 0.1) is 0 Å². The second-order valence-electron chi connectivity index (χ2n) is 6.76. The number of carbonyl (C=O) groups is 1. The largest absolute Gasteiger partial charge is 0.504 e. The van der Waals surface area contributed by atoms with Crippen LogP contribution in [-0.4, -0.2) is 48.7 Å². The number of phenols is 1. The van der Waals surface area contributed by atoms with Crippen LogP contribution in [0.1, 0.15) is 36.8 Å². The molecule has 6 nitrogen and oxygen atoms in total. The third-order valence-electron chi connectivity index (χ3n) is 4.84. The lowest BCUT2D eigenvalue weighted by atomic mass is 9.99. The Balaban J connectivity index is 0.00000364. The Bertz CT molecular complexity index is 625. The fraction of sp³-hybridized carbons (Fsp3) is 0.550. The van der Waals surface area contributed by atoms with Crippen molar-refractivity contribution in [1.29, 1.82) is 0 Å². The second-order valence-corrected chi connectivity index (χ2v) is 6.76. The predicted molar refractivity (Wildman–Crippen MR) is 111 cm³/mol. The monoisotopic (exact) mass is 397 g/mol. The van der Waals surface area contributed by atoms with Gasteiger partial charge in [-0.05, 0) is 37.4 Å². The van der Waals surface area contributed by atoms with E-state index in [2.05, 4.69) is 16.8 Å². The highest BCUT2D eigenvalue weighted by atomic mass is 35.5. The number of benzene rings is 1. The summed E-state index contributed by atoms with van der Waals surface area (Å²) >= 11 is 0. The van der Waals surface area contributed by atoms with E-state index in [-0.39, 0.29) is 24.1 Å². The zero-order valence-corrected chi connectivity index (χ0v) is 16.9. The van der Waals surface area contributed by atoms with Gasteiger partial charge in [-0.3, -0.25) is 9.69 Å². The van der Waals surface area contributed by atoms with Crippen LogP contribution in [-0.2, 0) is 17.8 Å². The third-order valence-corrected chi connectivity index (χ3v) is 4.84. The standard InChI is InChI=1S/C20H31N3O3.ClH/c1-3-6-16-11-15(12-18(26-2)20(16)25)14-23-10-5-4-7-17(23)13-22-19(24)8-9-21;/h3,11-12,17,25H,1,4-10,13-14,21H2,2H3,(H,22,24);1H. The summed E-state index contributed by atoms with van der Waals surface area (Å²) in [5.41, 5.74) is 7.35. The lowest BCUT2D eigenvalue weighted by Gasteiger charge is -2.36. The first-order valence-electron chi connectivity index (χ1n) is 9.29. The van der Waals surface area contributed by atoms with E-state index in [1.54, 1.807) is 13.2 Å². The number of amides is 1. The number of methoxy groups -OCH3 is 1. The summed E-state index contributed by atoms with van der Waals surface area (Å²) in [6.45, 7) is 6.53. The summed E-state index contributed by atoms with van der Waals surface area (Å²) in [7, 11) is 1.56. The predicted octanol–water partition coefficient (Wildman–Crippen LogP) is 2.37. The molecule has 7 heteroatoms. The Morgan fingerprint density at radius 3 is 2.93 bits per heavy atom. The minimum Gasteiger partial charge on any atom is -0.504 e. The smallest absolute Gasteiger partial charge is 0.221 e. The maximum Gasteiger partial charge on any atom is 0.221 e. The summed E-state index contributed by atoms with van der Waals surface area (Å²) in [6, 6.07) is 4.21. The number of piperidine rings is 1. The lowest BCUT2D eigenvalue weighted by molar-refractivity contribution is -0.121. The molecule has 0 spiro atoms. The van der Waals surface area contributed by atoms with Crippen LogP contribution in [0.3, 0.4) is 0 Å². The molecule has 1 unspecified atom stereocenters. The first-order chi connectivity index (χ1) is 12.6. The molecule has 4 N–H and O–H groups in total. The fourth-order valence-electron chi connectivity index (χ4n) is 3.47. The molecule has 0 saturated carbocycles. The van der Waals surface area contributed by atoms with Gasteiger partial charge in [-0.2, -0.15) is 0 Å². The molecular formula is C20H32ClN3O3. The molecule has 0 radical (unpaired) electrons. The number of hydrogen-bond acceptors (Lipinski definition) is 5. The Hall–Kier alpha value is -1.76. The Morgan fingerprint density at radius 1 is 1.48 bits per heavy atom. The Labute approximate surface area is 168 Å². The first kappa shape index (κ1) is 23.3. The van der Waals surface area contributed by atoms with Crippen molar-refractivity contribution in [3.05, 3.63) is 35.9 Å². The van der Waals surface area contributed by atoms with E-state index < -0.39 is 0 Å². The topological polar surface area (TPSA) is 87.8 Å². The molecule has 1 atom stereocenters. The van der Waals surface area contributed by atoms with Crippen LogP contribution in [0.5, 0.6) is 11.5 Å². The van der Waals surface area contributed by atoms with Crippen LogP contribution in [0.4, 0.5) is 0 Å². The molecule has 1 fully saturated rings. The van der Waals surface area contributed by atoms with E-state index in [1.165, 1.54) is 6.42 Å². The molecule has 1 aromatic rings. The van der Waals surface area contributed by atoms with E-state index in [4.69, 9.17) is 10.5 Å². The van der Waals surface area contributed by atoms with Crippen molar-refractivity contribution >= 4 is 18.3 Å².